The van der Waals surface area contributed by atoms with Gasteiger partial charge in [0.05, 0.1) is 17.5 Å². The van der Waals surface area contributed by atoms with Gasteiger partial charge in [-0.05, 0) is 26.8 Å². The molecule has 62 valence electrons. The molecule has 0 radical (unpaired) electrons. The van der Waals surface area contributed by atoms with Gasteiger partial charge in [0.25, 0.3) is 0 Å². The molecule has 1 unspecified atom stereocenters. The van der Waals surface area contributed by atoms with Crippen molar-refractivity contribution >= 4 is 0 Å². The third-order valence-corrected chi connectivity index (χ3v) is 1.66. The molecule has 11 heavy (non-hydrogen) atoms. The van der Waals surface area contributed by atoms with Crippen LogP contribution in [0.25, 0.3) is 0 Å². The molecule has 0 aliphatic carbocycles. The van der Waals surface area contributed by atoms with Crippen molar-refractivity contribution in [2.24, 2.45) is 0 Å². The maximum atomic E-state index is 9.29. The Morgan fingerprint density at radius 2 is 2.36 bits per heavy atom. The van der Waals surface area contributed by atoms with Crippen LogP contribution in [0.4, 0.5) is 0 Å². The van der Waals surface area contributed by atoms with Crippen LogP contribution >= 0.6 is 0 Å². The van der Waals surface area contributed by atoms with Gasteiger partial charge in [-0.2, -0.15) is 5.10 Å². The van der Waals surface area contributed by atoms with Gasteiger partial charge in [0.15, 0.2) is 0 Å². The average molecular weight is 154 g/mol. The molecule has 0 saturated carbocycles. The van der Waals surface area contributed by atoms with Crippen molar-refractivity contribution in [2.75, 3.05) is 0 Å². The number of rotatable bonds is 2. The zero-order valence-electron chi connectivity index (χ0n) is 7.20. The number of aryl methyl sites for hydroxylation is 2. The van der Waals surface area contributed by atoms with Gasteiger partial charge in [-0.15, -0.1) is 0 Å². The Kier molecular flexibility index (Phi) is 2.29. The van der Waals surface area contributed by atoms with E-state index in [0.29, 0.717) is 0 Å². The first-order valence-electron chi connectivity index (χ1n) is 3.87. The van der Waals surface area contributed by atoms with Crippen LogP contribution in [-0.2, 0) is 6.54 Å². The van der Waals surface area contributed by atoms with Gasteiger partial charge in [0.2, 0.25) is 0 Å². The van der Waals surface area contributed by atoms with Crippen molar-refractivity contribution in [3.8, 4) is 0 Å². The summed E-state index contributed by atoms with van der Waals surface area (Å²) in [7, 11) is 0. The van der Waals surface area contributed by atoms with E-state index in [1.807, 2.05) is 24.6 Å². The molecule has 0 saturated heterocycles. The highest BCUT2D eigenvalue weighted by molar-refractivity contribution is 5.10. The van der Waals surface area contributed by atoms with Gasteiger partial charge in [-0.1, -0.05) is 0 Å². The number of aliphatic hydroxyl groups excluding tert-OH is 1. The van der Waals surface area contributed by atoms with E-state index < -0.39 is 6.10 Å². The topological polar surface area (TPSA) is 38.0 Å². The van der Waals surface area contributed by atoms with Gasteiger partial charge in [-0.3, -0.25) is 4.68 Å². The molecule has 1 aromatic rings. The van der Waals surface area contributed by atoms with E-state index in [-0.39, 0.29) is 0 Å². The summed E-state index contributed by atoms with van der Waals surface area (Å²) in [5, 5.41) is 13.5. The fourth-order valence-corrected chi connectivity index (χ4v) is 1.16. The van der Waals surface area contributed by atoms with Crippen LogP contribution in [0.1, 0.15) is 31.3 Å². The standard InChI is InChI=1S/C8H14N2O/c1-4-10-8(7(3)11)5-6(2)9-10/h5,7,11H,4H2,1-3H3. The Balaban J connectivity index is 3.02. The SMILES string of the molecule is CCn1nc(C)cc1C(C)O. The molecule has 1 heterocycles. The van der Waals surface area contributed by atoms with Crippen LogP contribution in [0.15, 0.2) is 6.07 Å². The molecule has 0 bridgehead atoms. The minimum Gasteiger partial charge on any atom is -0.387 e. The van der Waals surface area contributed by atoms with E-state index >= 15 is 0 Å². The molecule has 0 aliphatic heterocycles. The highest BCUT2D eigenvalue weighted by atomic mass is 16.3. The van der Waals surface area contributed by atoms with Crippen LogP contribution in [-0.4, -0.2) is 14.9 Å². The Morgan fingerprint density at radius 3 is 2.73 bits per heavy atom. The maximum absolute atomic E-state index is 9.29. The summed E-state index contributed by atoms with van der Waals surface area (Å²) in [5.41, 5.74) is 1.85. The zero-order valence-corrected chi connectivity index (χ0v) is 7.20. The van der Waals surface area contributed by atoms with E-state index in [0.717, 1.165) is 17.9 Å². The van der Waals surface area contributed by atoms with Crippen LogP contribution in [0, 0.1) is 6.92 Å². The van der Waals surface area contributed by atoms with Gasteiger partial charge in [-0.25, -0.2) is 0 Å². The van der Waals surface area contributed by atoms with E-state index in [4.69, 9.17) is 0 Å². The maximum Gasteiger partial charge on any atom is 0.0928 e. The first-order chi connectivity index (χ1) is 5.15. The summed E-state index contributed by atoms with van der Waals surface area (Å²) in [5.74, 6) is 0. The lowest BCUT2D eigenvalue weighted by Crippen LogP contribution is -2.05. The molecule has 1 N–H and O–H groups in total. The lowest BCUT2D eigenvalue weighted by molar-refractivity contribution is 0.187. The summed E-state index contributed by atoms with van der Waals surface area (Å²) in [6, 6.07) is 1.91. The van der Waals surface area contributed by atoms with Crippen molar-refractivity contribution in [3.05, 3.63) is 17.5 Å². The molecule has 1 rings (SSSR count). The van der Waals surface area contributed by atoms with Gasteiger partial charge in [0, 0.05) is 6.54 Å². The summed E-state index contributed by atoms with van der Waals surface area (Å²) in [4.78, 5) is 0. The molecule has 0 amide bonds. The summed E-state index contributed by atoms with van der Waals surface area (Å²) in [6.45, 7) is 6.51. The van der Waals surface area contributed by atoms with Crippen molar-refractivity contribution in [1.82, 2.24) is 9.78 Å². The normalized spacial score (nSPS) is 13.5. The lowest BCUT2D eigenvalue weighted by Gasteiger charge is -2.05. The second-order valence-electron chi connectivity index (χ2n) is 2.70. The molecule has 0 spiro atoms. The van der Waals surface area contributed by atoms with Crippen LogP contribution < -0.4 is 0 Å². The molecule has 3 nitrogen and oxygen atoms in total. The quantitative estimate of drug-likeness (QED) is 0.696. The average Bonchev–Trinajstić information content (AvgIpc) is 2.30. The summed E-state index contributed by atoms with van der Waals surface area (Å²) >= 11 is 0. The number of hydrogen-bond acceptors (Lipinski definition) is 2. The first kappa shape index (κ1) is 8.27. The molecular formula is C8H14N2O. The van der Waals surface area contributed by atoms with Crippen molar-refractivity contribution in [1.29, 1.82) is 0 Å². The minimum atomic E-state index is -0.420. The summed E-state index contributed by atoms with van der Waals surface area (Å²) < 4.78 is 1.82. The largest absolute Gasteiger partial charge is 0.387 e. The van der Waals surface area contributed by atoms with Crippen molar-refractivity contribution in [2.45, 2.75) is 33.4 Å². The summed E-state index contributed by atoms with van der Waals surface area (Å²) in [6.07, 6.45) is -0.420. The molecule has 1 atom stereocenters. The van der Waals surface area contributed by atoms with Gasteiger partial charge >= 0.3 is 0 Å². The van der Waals surface area contributed by atoms with Crippen LogP contribution in [0.3, 0.4) is 0 Å². The predicted octanol–water partition coefficient (Wildman–Crippen LogP) is 1.26. The number of hydrogen-bond donors (Lipinski definition) is 1. The molecule has 1 aromatic heterocycles. The highest BCUT2D eigenvalue weighted by Crippen LogP contribution is 2.12. The monoisotopic (exact) mass is 154 g/mol. The van der Waals surface area contributed by atoms with E-state index in [1.54, 1.807) is 6.92 Å². The first-order valence-corrected chi connectivity index (χ1v) is 3.87. The zero-order chi connectivity index (χ0) is 8.43. The number of aliphatic hydroxyl groups is 1. The fraction of sp³-hybridized carbons (Fsp3) is 0.625. The fourth-order valence-electron chi connectivity index (χ4n) is 1.16. The van der Waals surface area contributed by atoms with Gasteiger partial charge in [0.1, 0.15) is 0 Å². The molecule has 3 heteroatoms. The molecule has 0 aliphatic rings. The van der Waals surface area contributed by atoms with E-state index in [2.05, 4.69) is 5.10 Å². The van der Waals surface area contributed by atoms with Gasteiger partial charge < -0.3 is 5.11 Å². The third kappa shape index (κ3) is 1.60. The Hall–Kier alpha value is -0.830. The molecule has 0 fully saturated rings. The number of nitrogens with zero attached hydrogens (tertiary/aromatic N) is 2. The minimum absolute atomic E-state index is 0.420. The van der Waals surface area contributed by atoms with E-state index in [9.17, 15) is 5.11 Å². The Labute approximate surface area is 66.7 Å². The van der Waals surface area contributed by atoms with Crippen LogP contribution in [0.5, 0.6) is 0 Å². The number of aromatic nitrogens is 2. The second kappa shape index (κ2) is 3.05. The Bertz CT molecular complexity index is 240. The third-order valence-electron chi connectivity index (χ3n) is 1.66. The predicted molar refractivity (Wildman–Crippen MR) is 43.3 cm³/mol. The van der Waals surface area contributed by atoms with E-state index in [1.165, 1.54) is 0 Å². The molecular weight excluding hydrogens is 140 g/mol. The molecule has 0 aromatic carbocycles. The van der Waals surface area contributed by atoms with Crippen molar-refractivity contribution < 1.29 is 5.11 Å². The second-order valence-corrected chi connectivity index (χ2v) is 2.70. The van der Waals surface area contributed by atoms with Crippen LogP contribution in [0.2, 0.25) is 0 Å². The smallest absolute Gasteiger partial charge is 0.0928 e. The highest BCUT2D eigenvalue weighted by Gasteiger charge is 2.07. The van der Waals surface area contributed by atoms with Crippen molar-refractivity contribution in [3.63, 3.8) is 0 Å². The Morgan fingerprint density at radius 1 is 1.73 bits per heavy atom. The lowest BCUT2D eigenvalue weighted by atomic mass is 10.2.